The zero-order chi connectivity index (χ0) is 21.8. The summed E-state index contributed by atoms with van der Waals surface area (Å²) in [6.45, 7) is 0. The van der Waals surface area contributed by atoms with Crippen LogP contribution in [0.15, 0.2) is 75.4 Å². The van der Waals surface area contributed by atoms with Crippen LogP contribution in [0.2, 0.25) is 0 Å². The van der Waals surface area contributed by atoms with Crippen LogP contribution in [0.5, 0.6) is 5.75 Å². The summed E-state index contributed by atoms with van der Waals surface area (Å²) >= 11 is 4.72. The van der Waals surface area contributed by atoms with E-state index in [1.54, 1.807) is 6.07 Å². The smallest absolute Gasteiger partial charge is 0.250 e. The minimum Gasteiger partial charge on any atom is -0.507 e. The summed E-state index contributed by atoms with van der Waals surface area (Å²) < 4.78 is 2.80. The van der Waals surface area contributed by atoms with E-state index in [-0.39, 0.29) is 17.4 Å². The molecule has 9 heteroatoms. The Balaban J connectivity index is 1.39. The molecule has 0 aliphatic carbocycles. The Hall–Kier alpha value is -3.17. The van der Waals surface area contributed by atoms with Gasteiger partial charge in [-0.3, -0.25) is 4.79 Å². The highest BCUT2D eigenvalue weighted by molar-refractivity contribution is 9.10. The molecule has 0 radical (unpaired) electrons. The number of thioether (sulfide) groups is 1. The van der Waals surface area contributed by atoms with Crippen LogP contribution >= 0.6 is 27.7 Å². The van der Waals surface area contributed by atoms with E-state index in [1.165, 1.54) is 18.0 Å². The number of halogens is 1. The van der Waals surface area contributed by atoms with Gasteiger partial charge in [-0.1, -0.05) is 70.2 Å². The number of carbonyl (C=O) groups excluding carboxylic acids is 1. The van der Waals surface area contributed by atoms with E-state index in [4.69, 9.17) is 0 Å². The van der Waals surface area contributed by atoms with E-state index in [2.05, 4.69) is 36.7 Å². The van der Waals surface area contributed by atoms with Crippen LogP contribution in [0.1, 0.15) is 5.56 Å². The third-order valence-electron chi connectivity index (χ3n) is 4.58. The first-order valence-corrected chi connectivity index (χ1v) is 11.1. The Morgan fingerprint density at radius 3 is 2.87 bits per heavy atom. The monoisotopic (exact) mass is 495 g/mol. The Labute approximate surface area is 191 Å². The number of nitrogens with zero attached hydrogens (tertiary/aromatic N) is 4. The molecule has 0 aliphatic rings. The Kier molecular flexibility index (Phi) is 6.34. The van der Waals surface area contributed by atoms with Crippen LogP contribution in [-0.4, -0.2) is 37.7 Å². The number of fused-ring (bicyclic) bond motifs is 1. The SMILES string of the molecule is Cn1c(SCC(=O)NN=Cc2c(O)ccc3ccccc23)nnc1-c1cccc(Br)c1. The maximum Gasteiger partial charge on any atom is 0.250 e. The number of carbonyl (C=O) groups is 1. The van der Waals surface area contributed by atoms with E-state index in [0.29, 0.717) is 16.5 Å². The van der Waals surface area contributed by atoms with E-state index in [9.17, 15) is 9.90 Å². The lowest BCUT2D eigenvalue weighted by molar-refractivity contribution is -0.118. The number of hydrazone groups is 1. The highest BCUT2D eigenvalue weighted by Gasteiger charge is 2.13. The number of amides is 1. The van der Waals surface area contributed by atoms with Gasteiger partial charge in [-0.2, -0.15) is 5.10 Å². The topological polar surface area (TPSA) is 92.4 Å². The zero-order valence-corrected chi connectivity index (χ0v) is 18.9. The number of rotatable bonds is 6. The number of aromatic nitrogens is 3. The molecule has 7 nitrogen and oxygen atoms in total. The van der Waals surface area contributed by atoms with Gasteiger partial charge in [0.2, 0.25) is 0 Å². The average Bonchev–Trinajstić information content (AvgIpc) is 3.14. The molecule has 0 aliphatic heterocycles. The summed E-state index contributed by atoms with van der Waals surface area (Å²) in [5.41, 5.74) is 3.98. The molecule has 2 N–H and O–H groups in total. The van der Waals surface area contributed by atoms with Gasteiger partial charge in [-0.25, -0.2) is 5.43 Å². The standard InChI is InChI=1S/C22H18BrN5O2S/c1-28-21(15-6-4-7-16(23)11-15)26-27-22(28)31-13-20(30)25-24-12-18-17-8-3-2-5-14(17)9-10-19(18)29/h2-12,29H,13H2,1H3,(H,25,30). The third kappa shape index (κ3) is 4.78. The third-order valence-corrected chi connectivity index (χ3v) is 6.09. The zero-order valence-electron chi connectivity index (χ0n) is 16.5. The second-order valence-electron chi connectivity index (χ2n) is 6.68. The van der Waals surface area contributed by atoms with Crippen molar-refractivity contribution in [1.82, 2.24) is 20.2 Å². The van der Waals surface area contributed by atoms with Crippen LogP contribution in [0.25, 0.3) is 22.2 Å². The molecule has 1 amide bonds. The maximum atomic E-state index is 12.2. The van der Waals surface area contributed by atoms with Gasteiger partial charge in [0.15, 0.2) is 11.0 Å². The van der Waals surface area contributed by atoms with Crippen molar-refractivity contribution in [2.24, 2.45) is 12.1 Å². The van der Waals surface area contributed by atoms with Crippen molar-refractivity contribution < 1.29 is 9.90 Å². The lowest BCUT2D eigenvalue weighted by atomic mass is 10.0. The van der Waals surface area contributed by atoms with Gasteiger partial charge in [0, 0.05) is 22.6 Å². The summed E-state index contributed by atoms with van der Waals surface area (Å²) in [5, 5.41) is 25.0. The highest BCUT2D eigenvalue weighted by atomic mass is 79.9. The number of aromatic hydroxyl groups is 1. The molecule has 0 spiro atoms. The van der Waals surface area contributed by atoms with Crippen molar-refractivity contribution in [2.75, 3.05) is 5.75 Å². The molecule has 4 rings (SSSR count). The first kappa shape index (κ1) is 21.1. The summed E-state index contributed by atoms with van der Waals surface area (Å²) in [4.78, 5) is 12.2. The van der Waals surface area contributed by atoms with Crippen LogP contribution < -0.4 is 5.43 Å². The number of nitrogens with one attached hydrogen (secondary N) is 1. The number of phenolic OH excluding ortho intramolecular Hbond substituents is 1. The first-order chi connectivity index (χ1) is 15.0. The number of hydrogen-bond donors (Lipinski definition) is 2. The van der Waals surface area contributed by atoms with E-state index in [0.717, 1.165) is 20.8 Å². The van der Waals surface area contributed by atoms with Gasteiger partial charge in [0.05, 0.1) is 12.0 Å². The normalized spacial score (nSPS) is 11.3. The molecule has 4 aromatic rings. The van der Waals surface area contributed by atoms with Crippen LogP contribution in [0.3, 0.4) is 0 Å². The quantitative estimate of drug-likeness (QED) is 0.235. The predicted octanol–water partition coefficient (Wildman–Crippen LogP) is 4.35. The fourth-order valence-electron chi connectivity index (χ4n) is 3.07. The van der Waals surface area contributed by atoms with Crippen LogP contribution in [-0.2, 0) is 11.8 Å². The molecule has 0 saturated carbocycles. The fraction of sp³-hybridized carbons (Fsp3) is 0.0909. The number of phenols is 1. The molecule has 0 bridgehead atoms. The van der Waals surface area contributed by atoms with Crippen molar-refractivity contribution >= 4 is 50.6 Å². The summed E-state index contributed by atoms with van der Waals surface area (Å²) in [7, 11) is 1.86. The Bertz CT molecular complexity index is 1290. The highest BCUT2D eigenvalue weighted by Crippen LogP contribution is 2.26. The summed E-state index contributed by atoms with van der Waals surface area (Å²) in [6, 6.07) is 18.9. The molecule has 1 aromatic heterocycles. The van der Waals surface area contributed by atoms with Gasteiger partial charge < -0.3 is 9.67 Å². The second-order valence-corrected chi connectivity index (χ2v) is 8.54. The fourth-order valence-corrected chi connectivity index (χ4v) is 4.17. The van der Waals surface area contributed by atoms with E-state index in [1.807, 2.05) is 66.2 Å². The number of hydrogen-bond acceptors (Lipinski definition) is 6. The molecule has 0 atom stereocenters. The van der Waals surface area contributed by atoms with Gasteiger partial charge in [-0.05, 0) is 29.0 Å². The van der Waals surface area contributed by atoms with Gasteiger partial charge in [0.1, 0.15) is 5.75 Å². The lowest BCUT2D eigenvalue weighted by Gasteiger charge is -2.05. The molecule has 0 fully saturated rings. The Morgan fingerprint density at radius 1 is 1.19 bits per heavy atom. The molecule has 1 heterocycles. The van der Waals surface area contributed by atoms with E-state index < -0.39 is 0 Å². The largest absolute Gasteiger partial charge is 0.507 e. The molecule has 0 saturated heterocycles. The minimum atomic E-state index is -0.284. The van der Waals surface area contributed by atoms with Crippen molar-refractivity contribution in [3.8, 4) is 17.1 Å². The molecule has 0 unspecified atom stereocenters. The van der Waals surface area contributed by atoms with Crippen LogP contribution in [0.4, 0.5) is 0 Å². The summed E-state index contributed by atoms with van der Waals surface area (Å²) in [5.74, 6) is 0.662. The van der Waals surface area contributed by atoms with Crippen molar-refractivity contribution in [1.29, 1.82) is 0 Å². The molecule has 156 valence electrons. The van der Waals surface area contributed by atoms with Gasteiger partial charge in [-0.15, -0.1) is 10.2 Å². The average molecular weight is 496 g/mol. The maximum absolute atomic E-state index is 12.2. The second kappa shape index (κ2) is 9.32. The minimum absolute atomic E-state index is 0.102. The molecular formula is C22H18BrN5O2S. The number of benzene rings is 3. The molecule has 3 aromatic carbocycles. The molecular weight excluding hydrogens is 478 g/mol. The Morgan fingerprint density at radius 2 is 2.03 bits per heavy atom. The lowest BCUT2D eigenvalue weighted by Crippen LogP contribution is -2.20. The van der Waals surface area contributed by atoms with E-state index >= 15 is 0 Å². The van der Waals surface area contributed by atoms with Crippen molar-refractivity contribution in [3.05, 3.63) is 70.7 Å². The van der Waals surface area contributed by atoms with Crippen molar-refractivity contribution in [3.63, 3.8) is 0 Å². The van der Waals surface area contributed by atoms with Gasteiger partial charge in [0.25, 0.3) is 5.91 Å². The van der Waals surface area contributed by atoms with Crippen molar-refractivity contribution in [2.45, 2.75) is 5.16 Å². The van der Waals surface area contributed by atoms with Gasteiger partial charge >= 0.3 is 0 Å². The predicted molar refractivity (Wildman–Crippen MR) is 126 cm³/mol. The molecule has 31 heavy (non-hydrogen) atoms. The van der Waals surface area contributed by atoms with Crippen LogP contribution in [0, 0.1) is 0 Å². The summed E-state index contributed by atoms with van der Waals surface area (Å²) in [6.07, 6.45) is 1.45. The first-order valence-electron chi connectivity index (χ1n) is 9.33.